The van der Waals surface area contributed by atoms with Crippen molar-refractivity contribution in [2.24, 2.45) is 0 Å². The van der Waals surface area contributed by atoms with Gasteiger partial charge in [0.15, 0.2) is 0 Å². The molecule has 0 fully saturated rings. The monoisotopic (exact) mass is 475 g/mol. The van der Waals surface area contributed by atoms with Crippen LogP contribution in [0.3, 0.4) is 0 Å². The number of rotatable bonds is 14. The Labute approximate surface area is 206 Å². The lowest BCUT2D eigenvalue weighted by Gasteiger charge is -2.33. The van der Waals surface area contributed by atoms with E-state index in [1.54, 1.807) is 32.6 Å². The SMILES string of the molecule is CCCCCCCN(C(=O)C(C)NC(=O)OC(C)(C)C)C(C(=O)NCCCC)c1ccccc1. The van der Waals surface area contributed by atoms with Crippen molar-refractivity contribution in [3.8, 4) is 0 Å². The molecule has 3 amide bonds. The van der Waals surface area contributed by atoms with Crippen LogP contribution in [0.4, 0.5) is 4.79 Å². The fourth-order valence-corrected chi connectivity index (χ4v) is 3.64. The fourth-order valence-electron chi connectivity index (χ4n) is 3.64. The molecule has 34 heavy (non-hydrogen) atoms. The van der Waals surface area contributed by atoms with E-state index in [4.69, 9.17) is 4.74 Å². The van der Waals surface area contributed by atoms with E-state index in [-0.39, 0.29) is 11.8 Å². The second kappa shape index (κ2) is 15.4. The molecule has 0 saturated carbocycles. The Morgan fingerprint density at radius 2 is 1.56 bits per heavy atom. The maximum atomic E-state index is 13.6. The summed E-state index contributed by atoms with van der Waals surface area (Å²) in [4.78, 5) is 40.8. The highest BCUT2D eigenvalue weighted by molar-refractivity contribution is 5.91. The van der Waals surface area contributed by atoms with Crippen LogP contribution in [0.2, 0.25) is 0 Å². The average molecular weight is 476 g/mol. The molecule has 1 rings (SSSR count). The van der Waals surface area contributed by atoms with E-state index in [0.29, 0.717) is 13.1 Å². The van der Waals surface area contributed by atoms with Gasteiger partial charge in [0.05, 0.1) is 0 Å². The number of hydrogen-bond acceptors (Lipinski definition) is 4. The molecule has 0 bridgehead atoms. The van der Waals surface area contributed by atoms with Crippen molar-refractivity contribution in [2.75, 3.05) is 13.1 Å². The smallest absolute Gasteiger partial charge is 0.408 e. The summed E-state index contributed by atoms with van der Waals surface area (Å²) in [7, 11) is 0. The minimum absolute atomic E-state index is 0.203. The molecule has 1 aromatic rings. The first-order valence-corrected chi connectivity index (χ1v) is 12.7. The summed E-state index contributed by atoms with van der Waals surface area (Å²) in [5.74, 6) is -0.508. The molecule has 0 spiro atoms. The van der Waals surface area contributed by atoms with Crippen molar-refractivity contribution < 1.29 is 19.1 Å². The zero-order chi connectivity index (χ0) is 25.6. The molecular formula is C27H45N3O4. The van der Waals surface area contributed by atoms with Crippen LogP contribution in [0.5, 0.6) is 0 Å². The number of unbranched alkanes of at least 4 members (excludes halogenated alkanes) is 5. The molecule has 0 aliphatic heterocycles. The van der Waals surface area contributed by atoms with Gasteiger partial charge in [0.2, 0.25) is 11.8 Å². The zero-order valence-electron chi connectivity index (χ0n) is 22.0. The van der Waals surface area contributed by atoms with Gasteiger partial charge in [0.1, 0.15) is 17.7 Å². The Morgan fingerprint density at radius 1 is 0.941 bits per heavy atom. The Balaban J connectivity index is 3.15. The molecule has 0 aliphatic rings. The topological polar surface area (TPSA) is 87.7 Å². The molecule has 0 aromatic heterocycles. The second-order valence-corrected chi connectivity index (χ2v) is 9.77. The standard InChI is InChI=1S/C27H45N3O4/c1-7-9-11-12-16-20-30(25(32)21(3)29-26(33)34-27(4,5)6)23(22-17-14-13-15-18-22)24(31)28-19-10-8-2/h13-15,17-18,21,23H,7-12,16,19-20H2,1-6H3,(H,28,31)(H,29,33). The van der Waals surface area contributed by atoms with Gasteiger partial charge in [-0.15, -0.1) is 0 Å². The molecule has 2 atom stereocenters. The average Bonchev–Trinajstić information content (AvgIpc) is 2.77. The van der Waals surface area contributed by atoms with Crippen LogP contribution < -0.4 is 10.6 Å². The van der Waals surface area contributed by atoms with Gasteiger partial charge in [-0.2, -0.15) is 0 Å². The molecule has 7 nitrogen and oxygen atoms in total. The van der Waals surface area contributed by atoms with Gasteiger partial charge in [-0.05, 0) is 46.1 Å². The largest absolute Gasteiger partial charge is 0.444 e. The highest BCUT2D eigenvalue weighted by Gasteiger charge is 2.34. The molecule has 7 heteroatoms. The van der Waals surface area contributed by atoms with E-state index in [9.17, 15) is 14.4 Å². The van der Waals surface area contributed by atoms with Gasteiger partial charge in [-0.1, -0.05) is 76.3 Å². The molecule has 2 N–H and O–H groups in total. The van der Waals surface area contributed by atoms with Crippen LogP contribution >= 0.6 is 0 Å². The van der Waals surface area contributed by atoms with Crippen molar-refractivity contribution in [3.63, 3.8) is 0 Å². The molecule has 2 unspecified atom stereocenters. The van der Waals surface area contributed by atoms with Gasteiger partial charge in [-0.25, -0.2) is 4.79 Å². The fraction of sp³-hybridized carbons (Fsp3) is 0.667. The number of carbonyl (C=O) groups excluding carboxylic acids is 3. The Bertz CT molecular complexity index is 746. The first-order chi connectivity index (χ1) is 16.1. The van der Waals surface area contributed by atoms with Crippen LogP contribution in [0, 0.1) is 0 Å². The summed E-state index contributed by atoms with van der Waals surface area (Å²) in [5, 5.41) is 5.64. The summed E-state index contributed by atoms with van der Waals surface area (Å²) in [6.45, 7) is 12.2. The van der Waals surface area contributed by atoms with Crippen molar-refractivity contribution in [1.29, 1.82) is 0 Å². The van der Waals surface area contributed by atoms with Crippen LogP contribution in [-0.4, -0.2) is 47.5 Å². The number of nitrogens with one attached hydrogen (secondary N) is 2. The molecular weight excluding hydrogens is 430 g/mol. The van der Waals surface area contributed by atoms with Crippen LogP contribution in [0.15, 0.2) is 30.3 Å². The van der Waals surface area contributed by atoms with Crippen molar-refractivity contribution >= 4 is 17.9 Å². The summed E-state index contributed by atoms with van der Waals surface area (Å²) in [6.07, 6.45) is 6.31. The number of hydrogen-bond donors (Lipinski definition) is 2. The minimum Gasteiger partial charge on any atom is -0.444 e. The van der Waals surface area contributed by atoms with Crippen LogP contribution in [0.1, 0.15) is 98.1 Å². The highest BCUT2D eigenvalue weighted by atomic mass is 16.6. The first-order valence-electron chi connectivity index (χ1n) is 12.7. The van der Waals surface area contributed by atoms with E-state index in [1.165, 1.54) is 0 Å². The summed E-state index contributed by atoms with van der Waals surface area (Å²) >= 11 is 0. The third-order valence-electron chi connectivity index (χ3n) is 5.39. The van der Waals surface area contributed by atoms with E-state index in [2.05, 4.69) is 24.5 Å². The molecule has 0 saturated heterocycles. The van der Waals surface area contributed by atoms with Crippen molar-refractivity contribution in [2.45, 2.75) is 104 Å². The Kier molecular flexibility index (Phi) is 13.3. The van der Waals surface area contributed by atoms with Gasteiger partial charge >= 0.3 is 6.09 Å². The van der Waals surface area contributed by atoms with E-state index < -0.39 is 23.8 Å². The summed E-state index contributed by atoms with van der Waals surface area (Å²) in [6, 6.07) is 7.77. The Hall–Kier alpha value is -2.57. The van der Waals surface area contributed by atoms with Crippen LogP contribution in [-0.2, 0) is 14.3 Å². The van der Waals surface area contributed by atoms with Crippen molar-refractivity contribution in [3.05, 3.63) is 35.9 Å². The summed E-state index contributed by atoms with van der Waals surface area (Å²) < 4.78 is 5.32. The molecule has 0 heterocycles. The minimum atomic E-state index is -0.833. The van der Waals surface area contributed by atoms with Gasteiger partial charge in [0.25, 0.3) is 0 Å². The van der Waals surface area contributed by atoms with Crippen molar-refractivity contribution in [1.82, 2.24) is 15.5 Å². The summed E-state index contributed by atoms with van der Waals surface area (Å²) in [5.41, 5.74) is 0.0836. The predicted molar refractivity (Wildman–Crippen MR) is 136 cm³/mol. The van der Waals surface area contributed by atoms with Gasteiger partial charge < -0.3 is 20.3 Å². The molecule has 1 aromatic carbocycles. The number of carbonyl (C=O) groups is 3. The number of nitrogens with zero attached hydrogens (tertiary/aromatic N) is 1. The number of benzene rings is 1. The van der Waals surface area contributed by atoms with Gasteiger partial charge in [0, 0.05) is 13.1 Å². The highest BCUT2D eigenvalue weighted by Crippen LogP contribution is 2.23. The Morgan fingerprint density at radius 3 is 2.15 bits per heavy atom. The molecule has 0 aliphatic carbocycles. The predicted octanol–water partition coefficient (Wildman–Crippen LogP) is 5.36. The number of ether oxygens (including phenoxy) is 1. The van der Waals surface area contributed by atoms with E-state index >= 15 is 0 Å². The third kappa shape index (κ3) is 11.0. The lowest BCUT2D eigenvalue weighted by atomic mass is 10.0. The molecule has 192 valence electrons. The maximum Gasteiger partial charge on any atom is 0.408 e. The normalized spacial score (nSPS) is 13.0. The lowest BCUT2D eigenvalue weighted by molar-refractivity contribution is -0.142. The maximum absolute atomic E-state index is 13.6. The second-order valence-electron chi connectivity index (χ2n) is 9.77. The van der Waals surface area contributed by atoms with E-state index in [1.807, 2.05) is 30.3 Å². The zero-order valence-corrected chi connectivity index (χ0v) is 22.0. The quantitative estimate of drug-likeness (QED) is 0.355. The molecule has 0 radical (unpaired) electrons. The number of amides is 3. The lowest BCUT2D eigenvalue weighted by Crippen LogP contribution is -2.52. The van der Waals surface area contributed by atoms with Gasteiger partial charge in [-0.3, -0.25) is 9.59 Å². The third-order valence-corrected chi connectivity index (χ3v) is 5.39. The first kappa shape index (κ1) is 29.5. The van der Waals surface area contributed by atoms with E-state index in [0.717, 1.165) is 50.5 Å². The van der Waals surface area contributed by atoms with Crippen LogP contribution in [0.25, 0.3) is 0 Å². The number of alkyl carbamates (subject to hydrolysis) is 1.